The highest BCUT2D eigenvalue weighted by Crippen LogP contribution is 2.27. The summed E-state index contributed by atoms with van der Waals surface area (Å²) in [6.07, 6.45) is 0.635. The summed E-state index contributed by atoms with van der Waals surface area (Å²) < 4.78 is 1.02. The minimum Gasteiger partial charge on any atom is -0.508 e. The molecule has 1 N–H and O–H groups in total. The molecule has 3 rings (SSSR count). The molecule has 25 heavy (non-hydrogen) atoms. The van der Waals surface area contributed by atoms with E-state index in [1.807, 2.05) is 49.4 Å². The molecule has 0 fully saturated rings. The van der Waals surface area contributed by atoms with Crippen molar-refractivity contribution in [3.63, 3.8) is 0 Å². The van der Waals surface area contributed by atoms with Gasteiger partial charge in [0.1, 0.15) is 5.75 Å². The quantitative estimate of drug-likeness (QED) is 0.565. The Balaban J connectivity index is 1.97. The molecule has 0 aliphatic rings. The van der Waals surface area contributed by atoms with E-state index >= 15 is 0 Å². The van der Waals surface area contributed by atoms with Gasteiger partial charge in [-0.2, -0.15) is 0 Å². The van der Waals surface area contributed by atoms with Crippen LogP contribution < -0.4 is 0 Å². The minimum absolute atomic E-state index is 0.0634. The van der Waals surface area contributed by atoms with Crippen molar-refractivity contribution in [1.29, 1.82) is 0 Å². The summed E-state index contributed by atoms with van der Waals surface area (Å²) in [5.74, 6) is -0.0318. The molecular formula is C22H19BrO2. The van der Waals surface area contributed by atoms with Crippen LogP contribution in [0.3, 0.4) is 0 Å². The van der Waals surface area contributed by atoms with Crippen molar-refractivity contribution in [3.05, 3.63) is 99.5 Å². The molecule has 1 unspecified atom stereocenters. The van der Waals surface area contributed by atoms with Gasteiger partial charge in [0.05, 0.1) is 5.92 Å². The van der Waals surface area contributed by atoms with Crippen LogP contribution in [0.5, 0.6) is 5.75 Å². The Hall–Kier alpha value is -2.39. The number of phenolic OH excluding ortho intramolecular Hbond substituents is 1. The van der Waals surface area contributed by atoms with Crippen molar-refractivity contribution in [1.82, 2.24) is 0 Å². The molecule has 0 aliphatic heterocycles. The van der Waals surface area contributed by atoms with E-state index in [0.717, 1.165) is 21.2 Å². The van der Waals surface area contributed by atoms with Crippen LogP contribution in [0.1, 0.15) is 33.0 Å². The standard InChI is InChI=1S/C22H19BrO2/c1-15-3-2-4-18(13-15)21(14-16-5-9-19(23)10-6-16)22(25)17-7-11-20(24)12-8-17/h2-13,21,24H,14H2,1H3. The Bertz CT molecular complexity index is 867. The zero-order valence-electron chi connectivity index (χ0n) is 13.9. The number of ketones is 1. The fraction of sp³-hybridized carbons (Fsp3) is 0.136. The van der Waals surface area contributed by atoms with Crippen LogP contribution in [-0.2, 0) is 6.42 Å². The summed E-state index contributed by atoms with van der Waals surface area (Å²) >= 11 is 3.45. The van der Waals surface area contributed by atoms with E-state index in [4.69, 9.17) is 0 Å². The number of Topliss-reactive ketones (excluding diaryl/α,β-unsaturated/α-hetero) is 1. The van der Waals surface area contributed by atoms with Gasteiger partial charge in [0.15, 0.2) is 5.78 Å². The average Bonchev–Trinajstić information content (AvgIpc) is 2.61. The van der Waals surface area contributed by atoms with Crippen LogP contribution in [0.4, 0.5) is 0 Å². The largest absolute Gasteiger partial charge is 0.508 e. The molecule has 0 bridgehead atoms. The maximum absolute atomic E-state index is 13.1. The molecule has 0 heterocycles. The third-order valence-electron chi connectivity index (χ3n) is 4.27. The lowest BCUT2D eigenvalue weighted by Crippen LogP contribution is -2.16. The summed E-state index contributed by atoms with van der Waals surface area (Å²) in [7, 11) is 0. The Morgan fingerprint density at radius 2 is 1.68 bits per heavy atom. The van der Waals surface area contributed by atoms with Crippen molar-refractivity contribution in [2.75, 3.05) is 0 Å². The highest BCUT2D eigenvalue weighted by Gasteiger charge is 2.22. The third kappa shape index (κ3) is 4.37. The summed E-state index contributed by atoms with van der Waals surface area (Å²) in [5, 5.41) is 9.48. The van der Waals surface area contributed by atoms with Gasteiger partial charge in [-0.05, 0) is 60.9 Å². The highest BCUT2D eigenvalue weighted by molar-refractivity contribution is 9.10. The van der Waals surface area contributed by atoms with E-state index in [0.29, 0.717) is 12.0 Å². The van der Waals surface area contributed by atoms with Crippen molar-refractivity contribution in [3.8, 4) is 5.75 Å². The van der Waals surface area contributed by atoms with Crippen molar-refractivity contribution in [2.45, 2.75) is 19.3 Å². The second-order valence-electron chi connectivity index (χ2n) is 6.21. The first-order valence-electron chi connectivity index (χ1n) is 8.17. The summed E-state index contributed by atoms with van der Waals surface area (Å²) in [4.78, 5) is 13.1. The first kappa shape index (κ1) is 17.4. The van der Waals surface area contributed by atoms with Crippen LogP contribution in [0, 0.1) is 6.92 Å². The number of carbonyl (C=O) groups excluding carboxylic acids is 1. The zero-order valence-corrected chi connectivity index (χ0v) is 15.5. The number of aryl methyl sites for hydroxylation is 1. The van der Waals surface area contributed by atoms with E-state index in [-0.39, 0.29) is 17.5 Å². The SMILES string of the molecule is Cc1cccc(C(Cc2ccc(Br)cc2)C(=O)c2ccc(O)cc2)c1. The Labute approximate surface area is 156 Å². The first-order chi connectivity index (χ1) is 12.0. The molecule has 3 aromatic rings. The lowest BCUT2D eigenvalue weighted by molar-refractivity contribution is 0.0959. The normalized spacial score (nSPS) is 11.9. The van der Waals surface area contributed by atoms with Gasteiger partial charge < -0.3 is 5.11 Å². The lowest BCUT2D eigenvalue weighted by atomic mass is 9.85. The van der Waals surface area contributed by atoms with Gasteiger partial charge in [-0.25, -0.2) is 0 Å². The van der Waals surface area contributed by atoms with Crippen LogP contribution in [0.2, 0.25) is 0 Å². The fourth-order valence-electron chi connectivity index (χ4n) is 2.93. The first-order valence-corrected chi connectivity index (χ1v) is 8.96. The number of hydrogen-bond acceptors (Lipinski definition) is 2. The molecule has 1 atom stereocenters. The topological polar surface area (TPSA) is 37.3 Å². The predicted molar refractivity (Wildman–Crippen MR) is 104 cm³/mol. The van der Waals surface area contributed by atoms with E-state index in [9.17, 15) is 9.90 Å². The maximum Gasteiger partial charge on any atom is 0.170 e. The van der Waals surface area contributed by atoms with Crippen molar-refractivity contribution in [2.24, 2.45) is 0 Å². The molecule has 2 nitrogen and oxygen atoms in total. The third-order valence-corrected chi connectivity index (χ3v) is 4.79. The maximum atomic E-state index is 13.1. The number of aromatic hydroxyl groups is 1. The van der Waals surface area contributed by atoms with Crippen LogP contribution >= 0.6 is 15.9 Å². The predicted octanol–water partition coefficient (Wildman–Crippen LogP) is 5.67. The Morgan fingerprint density at radius 3 is 2.32 bits per heavy atom. The van der Waals surface area contributed by atoms with Gasteiger partial charge >= 0.3 is 0 Å². The molecule has 0 saturated heterocycles. The highest BCUT2D eigenvalue weighted by atomic mass is 79.9. The number of phenols is 1. The second-order valence-corrected chi connectivity index (χ2v) is 7.12. The monoisotopic (exact) mass is 394 g/mol. The van der Waals surface area contributed by atoms with Gasteiger partial charge in [0.2, 0.25) is 0 Å². The summed E-state index contributed by atoms with van der Waals surface area (Å²) in [5.41, 5.74) is 3.88. The van der Waals surface area contributed by atoms with E-state index in [1.54, 1.807) is 24.3 Å². The average molecular weight is 395 g/mol. The number of carbonyl (C=O) groups is 1. The van der Waals surface area contributed by atoms with Crippen LogP contribution in [0.25, 0.3) is 0 Å². The fourth-order valence-corrected chi connectivity index (χ4v) is 3.20. The van der Waals surface area contributed by atoms with Gasteiger partial charge in [-0.15, -0.1) is 0 Å². The molecule has 3 aromatic carbocycles. The molecule has 0 spiro atoms. The number of hydrogen-bond donors (Lipinski definition) is 1. The number of halogens is 1. The van der Waals surface area contributed by atoms with Gasteiger partial charge in [-0.3, -0.25) is 4.79 Å². The molecular weight excluding hydrogens is 376 g/mol. The molecule has 0 amide bonds. The molecule has 3 heteroatoms. The smallest absolute Gasteiger partial charge is 0.170 e. The van der Waals surface area contributed by atoms with Crippen LogP contribution in [-0.4, -0.2) is 10.9 Å². The van der Waals surface area contributed by atoms with E-state index < -0.39 is 0 Å². The zero-order chi connectivity index (χ0) is 17.8. The van der Waals surface area contributed by atoms with Crippen molar-refractivity contribution < 1.29 is 9.90 Å². The lowest BCUT2D eigenvalue weighted by Gasteiger charge is -2.17. The number of benzene rings is 3. The van der Waals surface area contributed by atoms with E-state index in [1.165, 1.54) is 0 Å². The minimum atomic E-state index is -0.259. The second kappa shape index (κ2) is 7.66. The molecule has 0 aliphatic carbocycles. The number of rotatable bonds is 5. The molecule has 0 radical (unpaired) electrons. The van der Waals surface area contributed by atoms with Gasteiger partial charge in [-0.1, -0.05) is 57.9 Å². The van der Waals surface area contributed by atoms with Gasteiger partial charge in [0, 0.05) is 10.0 Å². The summed E-state index contributed by atoms with van der Waals surface area (Å²) in [6.45, 7) is 2.03. The van der Waals surface area contributed by atoms with E-state index in [2.05, 4.69) is 22.0 Å². The van der Waals surface area contributed by atoms with Gasteiger partial charge in [0.25, 0.3) is 0 Å². The van der Waals surface area contributed by atoms with Crippen molar-refractivity contribution >= 4 is 21.7 Å². The Morgan fingerprint density at radius 1 is 1.00 bits per heavy atom. The molecule has 126 valence electrons. The molecule has 0 aromatic heterocycles. The summed E-state index contributed by atoms with van der Waals surface area (Å²) in [6, 6.07) is 22.6. The Kier molecular flexibility index (Phi) is 5.34. The molecule has 0 saturated carbocycles. The van der Waals surface area contributed by atoms with Crippen LogP contribution in [0.15, 0.2) is 77.3 Å².